The van der Waals surface area contributed by atoms with E-state index in [2.05, 4.69) is 20.1 Å². The molecular weight excluding hydrogens is 385 g/mol. The first-order chi connectivity index (χ1) is 13.1. The zero-order valence-electron chi connectivity index (χ0n) is 15.2. The van der Waals surface area contributed by atoms with Crippen LogP contribution in [0.4, 0.5) is 0 Å². The van der Waals surface area contributed by atoms with Crippen molar-refractivity contribution >= 4 is 29.1 Å². The fraction of sp³-hybridized carbons (Fsp3) is 0.526. The molecule has 2 aliphatic heterocycles. The van der Waals surface area contributed by atoms with E-state index in [-0.39, 0.29) is 0 Å². The van der Waals surface area contributed by atoms with Crippen molar-refractivity contribution in [3.05, 3.63) is 40.1 Å². The van der Waals surface area contributed by atoms with E-state index in [1.165, 1.54) is 0 Å². The summed E-state index contributed by atoms with van der Waals surface area (Å²) in [6, 6.07) is 5.81. The smallest absolute Gasteiger partial charge is 0.222 e. The highest BCUT2D eigenvalue weighted by atomic mass is 35.5. The van der Waals surface area contributed by atoms with Gasteiger partial charge >= 0.3 is 0 Å². The lowest BCUT2D eigenvalue weighted by Crippen LogP contribution is -2.48. The van der Waals surface area contributed by atoms with Crippen molar-refractivity contribution in [2.75, 3.05) is 19.6 Å². The summed E-state index contributed by atoms with van der Waals surface area (Å²) < 4.78 is 1.72. The molecule has 1 amide bonds. The Hall–Kier alpha value is -1.63. The van der Waals surface area contributed by atoms with Crippen LogP contribution in [0, 0.1) is 0 Å². The van der Waals surface area contributed by atoms with Gasteiger partial charge in [-0.05, 0) is 43.9 Å². The second-order valence-corrected chi connectivity index (χ2v) is 8.12. The largest absolute Gasteiger partial charge is 0.340 e. The summed E-state index contributed by atoms with van der Waals surface area (Å²) >= 11 is 12.1. The fourth-order valence-electron chi connectivity index (χ4n) is 3.96. The van der Waals surface area contributed by atoms with Crippen molar-refractivity contribution in [1.82, 2.24) is 24.8 Å². The third-order valence-electron chi connectivity index (χ3n) is 5.45. The van der Waals surface area contributed by atoms with E-state index in [1.807, 2.05) is 12.3 Å². The monoisotopic (exact) mass is 407 g/mol. The number of carbonyl (C=O) groups is 1. The maximum Gasteiger partial charge on any atom is 0.222 e. The lowest BCUT2D eigenvalue weighted by molar-refractivity contribution is -0.136. The number of aromatic nitrogens is 3. The summed E-state index contributed by atoms with van der Waals surface area (Å²) in [6.07, 6.45) is 6.91. The van der Waals surface area contributed by atoms with Gasteiger partial charge < -0.3 is 4.90 Å². The molecule has 2 aromatic rings. The molecule has 0 aliphatic carbocycles. The standard InChI is InChI=1S/C19H23Cl2N5O/c20-17-5-4-16(11-18(17)21)26-13-14(22-23-26)12-24-9-6-15(7-10-24)25-8-2-1-3-19(25)27/h4-5,11,13,15H,1-3,6-10,12H2. The van der Waals surface area contributed by atoms with Crippen LogP contribution in [0.5, 0.6) is 0 Å². The Kier molecular flexibility index (Phi) is 5.66. The van der Waals surface area contributed by atoms with Crippen LogP contribution in [-0.4, -0.2) is 56.4 Å². The van der Waals surface area contributed by atoms with Crippen molar-refractivity contribution in [3.8, 4) is 5.69 Å². The molecule has 2 saturated heterocycles. The molecule has 2 aliphatic rings. The number of halogens is 2. The number of hydrogen-bond donors (Lipinski definition) is 0. The number of hydrogen-bond acceptors (Lipinski definition) is 4. The molecule has 1 aromatic carbocycles. The molecule has 27 heavy (non-hydrogen) atoms. The molecule has 0 N–H and O–H groups in total. The Bertz CT molecular complexity index is 816. The Morgan fingerprint density at radius 2 is 1.89 bits per heavy atom. The second kappa shape index (κ2) is 8.17. The van der Waals surface area contributed by atoms with E-state index < -0.39 is 0 Å². The van der Waals surface area contributed by atoms with Crippen LogP contribution in [0.25, 0.3) is 5.69 Å². The van der Waals surface area contributed by atoms with Crippen molar-refractivity contribution in [1.29, 1.82) is 0 Å². The van der Waals surface area contributed by atoms with Crippen molar-refractivity contribution in [3.63, 3.8) is 0 Å². The molecule has 4 rings (SSSR count). The summed E-state index contributed by atoms with van der Waals surface area (Å²) in [5.74, 6) is 0.337. The number of carbonyl (C=O) groups excluding carboxylic acids is 1. The zero-order valence-corrected chi connectivity index (χ0v) is 16.7. The third-order valence-corrected chi connectivity index (χ3v) is 6.19. The van der Waals surface area contributed by atoms with Crippen molar-refractivity contribution in [2.24, 2.45) is 0 Å². The number of piperidine rings is 2. The topological polar surface area (TPSA) is 54.3 Å². The lowest BCUT2D eigenvalue weighted by atomic mass is 9.99. The fourth-order valence-corrected chi connectivity index (χ4v) is 4.25. The van der Waals surface area contributed by atoms with Crippen molar-refractivity contribution < 1.29 is 4.79 Å². The van der Waals surface area contributed by atoms with Gasteiger partial charge in [0, 0.05) is 38.6 Å². The van der Waals surface area contributed by atoms with E-state index in [0.717, 1.165) is 69.7 Å². The molecule has 0 bridgehead atoms. The Balaban J connectivity index is 1.33. The van der Waals surface area contributed by atoms with Gasteiger partial charge in [0.2, 0.25) is 5.91 Å². The average molecular weight is 408 g/mol. The molecule has 8 heteroatoms. The van der Waals surface area contributed by atoms with E-state index in [4.69, 9.17) is 23.2 Å². The van der Waals surface area contributed by atoms with Gasteiger partial charge in [0.1, 0.15) is 0 Å². The summed E-state index contributed by atoms with van der Waals surface area (Å²) in [5.41, 5.74) is 1.76. The Morgan fingerprint density at radius 3 is 2.63 bits per heavy atom. The average Bonchev–Trinajstić information content (AvgIpc) is 3.14. The van der Waals surface area contributed by atoms with Gasteiger partial charge in [-0.1, -0.05) is 28.4 Å². The summed E-state index contributed by atoms with van der Waals surface area (Å²) in [4.78, 5) is 16.6. The molecule has 0 radical (unpaired) electrons. The van der Waals surface area contributed by atoms with Crippen LogP contribution in [0.1, 0.15) is 37.8 Å². The van der Waals surface area contributed by atoms with Gasteiger partial charge in [0.15, 0.2) is 0 Å². The number of benzene rings is 1. The lowest BCUT2D eigenvalue weighted by Gasteiger charge is -2.40. The van der Waals surface area contributed by atoms with E-state index >= 15 is 0 Å². The van der Waals surface area contributed by atoms with E-state index in [0.29, 0.717) is 22.0 Å². The van der Waals surface area contributed by atoms with Crippen LogP contribution in [0.15, 0.2) is 24.4 Å². The van der Waals surface area contributed by atoms with Gasteiger partial charge in [0.25, 0.3) is 0 Å². The van der Waals surface area contributed by atoms with E-state index in [9.17, 15) is 4.79 Å². The number of nitrogens with zero attached hydrogens (tertiary/aromatic N) is 5. The predicted molar refractivity (Wildman–Crippen MR) is 105 cm³/mol. The Morgan fingerprint density at radius 1 is 1.07 bits per heavy atom. The molecule has 0 unspecified atom stereocenters. The van der Waals surface area contributed by atoms with Crippen LogP contribution < -0.4 is 0 Å². The molecule has 1 aromatic heterocycles. The highest BCUT2D eigenvalue weighted by molar-refractivity contribution is 6.42. The Labute approximate surface area is 169 Å². The zero-order chi connectivity index (χ0) is 18.8. The van der Waals surface area contributed by atoms with Crippen LogP contribution in [0.2, 0.25) is 10.0 Å². The SMILES string of the molecule is O=C1CCCCN1C1CCN(Cc2cn(-c3ccc(Cl)c(Cl)c3)nn2)CC1. The molecule has 2 fully saturated rings. The van der Waals surface area contributed by atoms with Gasteiger partial charge in [-0.3, -0.25) is 9.69 Å². The maximum absolute atomic E-state index is 12.1. The van der Waals surface area contributed by atoms with Crippen LogP contribution >= 0.6 is 23.2 Å². The minimum Gasteiger partial charge on any atom is -0.340 e. The van der Waals surface area contributed by atoms with E-state index in [1.54, 1.807) is 16.8 Å². The molecule has 0 spiro atoms. The summed E-state index contributed by atoms with van der Waals surface area (Å²) in [5, 5.41) is 9.52. The molecule has 0 saturated carbocycles. The molecule has 0 atom stereocenters. The van der Waals surface area contributed by atoms with Gasteiger partial charge in [-0.15, -0.1) is 5.10 Å². The first-order valence-corrected chi connectivity index (χ1v) is 10.2. The highest BCUT2D eigenvalue weighted by Crippen LogP contribution is 2.25. The van der Waals surface area contributed by atoms with Crippen LogP contribution in [0.3, 0.4) is 0 Å². The summed E-state index contributed by atoms with van der Waals surface area (Å²) in [7, 11) is 0. The third kappa shape index (κ3) is 4.28. The normalized spacial score (nSPS) is 19.6. The quantitative estimate of drug-likeness (QED) is 0.777. The van der Waals surface area contributed by atoms with Crippen molar-refractivity contribution in [2.45, 2.75) is 44.7 Å². The molecular formula is C19H23Cl2N5O. The maximum atomic E-state index is 12.1. The van der Waals surface area contributed by atoms with Gasteiger partial charge in [-0.25, -0.2) is 4.68 Å². The predicted octanol–water partition coefficient (Wildman–Crippen LogP) is 3.55. The molecule has 3 heterocycles. The number of likely N-dealkylation sites (tertiary alicyclic amines) is 2. The molecule has 6 nitrogen and oxygen atoms in total. The first kappa shape index (κ1) is 18.7. The number of amides is 1. The second-order valence-electron chi connectivity index (χ2n) is 7.30. The first-order valence-electron chi connectivity index (χ1n) is 9.48. The van der Waals surface area contributed by atoms with Gasteiger partial charge in [0.05, 0.1) is 27.6 Å². The minimum absolute atomic E-state index is 0.337. The highest BCUT2D eigenvalue weighted by Gasteiger charge is 2.29. The molecule has 144 valence electrons. The van der Waals surface area contributed by atoms with Crippen LogP contribution in [-0.2, 0) is 11.3 Å². The minimum atomic E-state index is 0.337. The number of rotatable bonds is 4. The summed E-state index contributed by atoms with van der Waals surface area (Å²) in [6.45, 7) is 3.66. The van der Waals surface area contributed by atoms with Gasteiger partial charge in [-0.2, -0.15) is 0 Å².